The van der Waals surface area contributed by atoms with Crippen molar-refractivity contribution in [2.75, 3.05) is 6.61 Å². The van der Waals surface area contributed by atoms with Gasteiger partial charge in [-0.25, -0.2) is 4.79 Å². The van der Waals surface area contributed by atoms with Crippen LogP contribution in [-0.4, -0.2) is 17.3 Å². The van der Waals surface area contributed by atoms with E-state index in [1.165, 1.54) is 16.7 Å². The van der Waals surface area contributed by atoms with Gasteiger partial charge in [-0.05, 0) is 48.1 Å². The maximum Gasteiger partial charge on any atom is 0.354 e. The molecule has 0 bridgehead atoms. The number of halogens is 1. The molecule has 0 heterocycles. The van der Waals surface area contributed by atoms with E-state index in [0.717, 1.165) is 5.30 Å². The Bertz CT molecular complexity index is 663. The molecule has 0 unspecified atom stereocenters. The highest BCUT2D eigenvalue weighted by Gasteiger charge is 2.29. The molecule has 2 nitrogen and oxygen atoms in total. The standard InChI is InChI=1S/C22H34ClO2P/c1-11-25-19(24)18(23)26-17-15(21(5,6)7)12-14(20(2,3)4)13-16(17)22(8,9)10/h12-13H,11H2,1-10H3. The molecular weight excluding hydrogens is 363 g/mol. The van der Waals surface area contributed by atoms with Gasteiger partial charge in [0.2, 0.25) is 0 Å². The number of esters is 1. The second kappa shape index (κ2) is 8.03. The molecule has 0 N–H and O–H groups in total. The number of rotatable bonds is 3. The third kappa shape index (κ3) is 5.83. The summed E-state index contributed by atoms with van der Waals surface area (Å²) in [7, 11) is 0.713. The van der Waals surface area contributed by atoms with Gasteiger partial charge in [0, 0.05) is 5.30 Å². The van der Waals surface area contributed by atoms with Crippen LogP contribution in [0.25, 0.3) is 0 Å². The van der Waals surface area contributed by atoms with Gasteiger partial charge in [0.1, 0.15) is 0 Å². The van der Waals surface area contributed by atoms with Crippen molar-refractivity contribution in [1.29, 1.82) is 0 Å². The molecule has 1 aromatic carbocycles. The van der Waals surface area contributed by atoms with Crippen LogP contribution < -0.4 is 5.30 Å². The van der Waals surface area contributed by atoms with Crippen LogP contribution in [0.15, 0.2) is 12.1 Å². The lowest BCUT2D eigenvalue weighted by Crippen LogP contribution is -2.30. The Balaban J connectivity index is 3.86. The Morgan fingerprint density at radius 3 is 1.65 bits per heavy atom. The van der Waals surface area contributed by atoms with Crippen molar-refractivity contribution in [3.8, 4) is 0 Å². The van der Waals surface area contributed by atoms with E-state index in [9.17, 15) is 4.79 Å². The fraction of sp³-hybridized carbons (Fsp3) is 0.636. The summed E-state index contributed by atoms with van der Waals surface area (Å²) in [6, 6.07) is 4.57. The summed E-state index contributed by atoms with van der Waals surface area (Å²) < 4.78 is 5.30. The van der Waals surface area contributed by atoms with Crippen molar-refractivity contribution in [3.63, 3.8) is 0 Å². The van der Waals surface area contributed by atoms with Crippen LogP contribution in [0.2, 0.25) is 0 Å². The van der Waals surface area contributed by atoms with Crippen molar-refractivity contribution >= 4 is 35.8 Å². The van der Waals surface area contributed by atoms with E-state index < -0.39 is 5.97 Å². The van der Waals surface area contributed by atoms with Crippen LogP contribution in [0.1, 0.15) is 85.9 Å². The molecular formula is C22H34ClO2P. The zero-order chi connectivity index (χ0) is 20.5. The molecule has 0 amide bonds. The molecule has 0 aliphatic heterocycles. The van der Waals surface area contributed by atoms with Crippen LogP contribution in [0.5, 0.6) is 0 Å². The largest absolute Gasteiger partial charge is 0.461 e. The quantitative estimate of drug-likeness (QED) is 0.457. The summed E-state index contributed by atoms with van der Waals surface area (Å²) in [4.78, 5) is 12.1. The highest BCUT2D eigenvalue weighted by Crippen LogP contribution is 2.35. The summed E-state index contributed by atoms with van der Waals surface area (Å²) in [5.41, 5.74) is 3.70. The monoisotopic (exact) mass is 396 g/mol. The van der Waals surface area contributed by atoms with Crippen LogP contribution in [-0.2, 0) is 25.8 Å². The van der Waals surface area contributed by atoms with Gasteiger partial charge in [0.25, 0.3) is 0 Å². The lowest BCUT2D eigenvalue weighted by Gasteiger charge is -2.32. The van der Waals surface area contributed by atoms with E-state index in [4.69, 9.17) is 16.3 Å². The number of benzene rings is 1. The van der Waals surface area contributed by atoms with Crippen molar-refractivity contribution in [2.45, 2.75) is 85.5 Å². The Hall–Kier alpha value is -0.850. The molecule has 0 aliphatic carbocycles. The predicted octanol–water partition coefficient (Wildman–Crippen LogP) is 6.08. The van der Waals surface area contributed by atoms with E-state index in [1.54, 1.807) is 6.92 Å². The van der Waals surface area contributed by atoms with Crippen LogP contribution in [0.3, 0.4) is 0 Å². The number of carbonyl (C=O) groups excluding carboxylic acids is 1. The summed E-state index contributed by atoms with van der Waals surface area (Å²) >= 11 is 6.35. The molecule has 26 heavy (non-hydrogen) atoms. The normalized spacial score (nSPS) is 13.7. The molecule has 1 aromatic rings. The van der Waals surface area contributed by atoms with Crippen molar-refractivity contribution < 1.29 is 9.53 Å². The average molecular weight is 397 g/mol. The Kier molecular flexibility index (Phi) is 7.16. The van der Waals surface area contributed by atoms with E-state index in [1.807, 2.05) is 0 Å². The SMILES string of the molecule is CCOC(=O)C(Cl)=Pc1c(C(C)(C)C)cc(C(C)(C)C)cc1C(C)(C)C. The van der Waals surface area contributed by atoms with Crippen molar-refractivity contribution in [1.82, 2.24) is 0 Å². The summed E-state index contributed by atoms with van der Waals surface area (Å²) in [6.45, 7) is 22.1. The first-order valence-corrected chi connectivity index (χ1v) is 10.5. The number of carbonyl (C=O) groups is 1. The third-order valence-electron chi connectivity index (χ3n) is 4.25. The van der Waals surface area contributed by atoms with E-state index >= 15 is 0 Å². The second-order valence-electron chi connectivity index (χ2n) is 9.79. The highest BCUT2D eigenvalue weighted by atomic mass is 35.5. The fourth-order valence-corrected chi connectivity index (χ4v) is 4.37. The van der Waals surface area contributed by atoms with Crippen molar-refractivity contribution in [2.24, 2.45) is 0 Å². The zero-order valence-electron chi connectivity index (χ0n) is 18.0. The first kappa shape index (κ1) is 23.2. The Morgan fingerprint density at radius 1 is 0.923 bits per heavy atom. The Morgan fingerprint density at radius 2 is 1.35 bits per heavy atom. The van der Waals surface area contributed by atoms with Crippen molar-refractivity contribution in [3.05, 3.63) is 28.8 Å². The molecule has 0 aromatic heterocycles. The maximum atomic E-state index is 12.1. The smallest absolute Gasteiger partial charge is 0.354 e. The van der Waals surface area contributed by atoms with Gasteiger partial charge in [-0.15, -0.1) is 0 Å². The van der Waals surface area contributed by atoms with E-state index in [2.05, 4.69) is 74.4 Å². The van der Waals surface area contributed by atoms with E-state index in [-0.39, 0.29) is 21.0 Å². The molecule has 1 rings (SSSR count). The molecule has 0 saturated heterocycles. The molecule has 0 fully saturated rings. The highest BCUT2D eigenvalue weighted by molar-refractivity contribution is 7.56. The molecule has 4 heteroatoms. The van der Waals surface area contributed by atoms with Crippen LogP contribution in [0, 0.1) is 0 Å². The van der Waals surface area contributed by atoms with E-state index in [0.29, 0.717) is 14.8 Å². The lowest BCUT2D eigenvalue weighted by atomic mass is 9.75. The molecule has 0 spiro atoms. The first-order chi connectivity index (χ1) is 11.6. The number of ether oxygens (including phenoxy) is 1. The van der Waals surface area contributed by atoms with Gasteiger partial charge in [0.05, 0.1) is 6.61 Å². The number of hydrogen-bond donors (Lipinski definition) is 0. The van der Waals surface area contributed by atoms with Crippen LogP contribution >= 0.6 is 19.8 Å². The van der Waals surface area contributed by atoms with Gasteiger partial charge in [-0.2, -0.15) is 0 Å². The maximum absolute atomic E-state index is 12.1. The minimum Gasteiger partial charge on any atom is -0.461 e. The first-order valence-electron chi connectivity index (χ1n) is 9.19. The Labute approximate surface area is 166 Å². The van der Waals surface area contributed by atoms with Crippen LogP contribution in [0.4, 0.5) is 0 Å². The topological polar surface area (TPSA) is 26.3 Å². The molecule has 0 saturated carbocycles. The number of hydrogen-bond acceptors (Lipinski definition) is 2. The summed E-state index contributed by atoms with van der Waals surface area (Å²) in [5, 5.41) is 1.12. The molecule has 0 atom stereocenters. The molecule has 0 aliphatic rings. The predicted molar refractivity (Wildman–Crippen MR) is 117 cm³/mol. The van der Waals surface area contributed by atoms with Gasteiger partial charge in [0.15, 0.2) is 4.75 Å². The van der Waals surface area contributed by atoms with Gasteiger partial charge < -0.3 is 4.74 Å². The van der Waals surface area contributed by atoms with Gasteiger partial charge in [-0.3, -0.25) is 0 Å². The summed E-state index contributed by atoms with van der Waals surface area (Å²) in [6.07, 6.45) is 0. The van der Waals surface area contributed by atoms with Gasteiger partial charge in [-0.1, -0.05) is 86.0 Å². The zero-order valence-corrected chi connectivity index (χ0v) is 19.7. The molecule has 0 radical (unpaired) electrons. The minimum atomic E-state index is -0.435. The second-order valence-corrected chi connectivity index (χ2v) is 11.6. The molecule has 146 valence electrons. The average Bonchev–Trinajstić information content (AvgIpc) is 2.43. The minimum absolute atomic E-state index is 0.0457. The lowest BCUT2D eigenvalue weighted by molar-refractivity contribution is -0.134. The van der Waals surface area contributed by atoms with Gasteiger partial charge >= 0.3 is 5.97 Å². The fourth-order valence-electron chi connectivity index (χ4n) is 2.67. The third-order valence-corrected chi connectivity index (χ3v) is 5.74. The summed E-state index contributed by atoms with van der Waals surface area (Å²) in [5.74, 6) is -0.435.